The van der Waals surface area contributed by atoms with Crippen LogP contribution in [-0.4, -0.2) is 25.5 Å². The Morgan fingerprint density at radius 1 is 0.844 bits per heavy atom. The molecule has 0 radical (unpaired) electrons. The van der Waals surface area contributed by atoms with Crippen LogP contribution in [0.15, 0.2) is 102 Å². The summed E-state index contributed by atoms with van der Waals surface area (Å²) in [4.78, 5) is 26.4. The Hall–Kier alpha value is -4.52. The summed E-state index contributed by atoms with van der Waals surface area (Å²) >= 11 is 0. The smallest absolute Gasteiger partial charge is 0.279 e. The fourth-order valence-corrected chi connectivity index (χ4v) is 3.63. The molecule has 5 aromatic rings. The summed E-state index contributed by atoms with van der Waals surface area (Å²) in [5.41, 5.74) is 2.07. The second-order valence-electron chi connectivity index (χ2n) is 7.26. The zero-order chi connectivity index (χ0) is 21.9. The van der Waals surface area contributed by atoms with Gasteiger partial charge < -0.3 is 5.32 Å². The van der Waals surface area contributed by atoms with Crippen LogP contribution in [0.5, 0.6) is 0 Å². The van der Waals surface area contributed by atoms with Crippen molar-refractivity contribution < 1.29 is 4.79 Å². The molecule has 5 rings (SSSR count). The molecular weight excluding hydrogens is 402 g/mol. The molecule has 0 aliphatic carbocycles. The average Bonchev–Trinajstić information content (AvgIpc) is 3.34. The van der Waals surface area contributed by atoms with Gasteiger partial charge in [-0.1, -0.05) is 54.6 Å². The number of aromatic nitrogens is 4. The lowest BCUT2D eigenvalue weighted by Gasteiger charge is -2.13. The van der Waals surface area contributed by atoms with E-state index in [9.17, 15) is 9.59 Å². The number of carbonyl (C=O) groups excluding carboxylic acids is 1. The Morgan fingerprint density at radius 3 is 2.34 bits per heavy atom. The first-order valence-corrected chi connectivity index (χ1v) is 10.1. The number of nitrogens with zero attached hydrogens (tertiary/aromatic N) is 4. The van der Waals surface area contributed by atoms with Crippen LogP contribution in [0.4, 0.5) is 5.69 Å². The molecule has 3 aromatic carbocycles. The summed E-state index contributed by atoms with van der Waals surface area (Å²) in [5, 5.41) is 12.6. The molecule has 2 heterocycles. The van der Waals surface area contributed by atoms with Crippen molar-refractivity contribution >= 4 is 22.4 Å². The number of rotatable bonds is 5. The van der Waals surface area contributed by atoms with E-state index in [0.717, 1.165) is 5.56 Å². The van der Waals surface area contributed by atoms with Gasteiger partial charge in [-0.05, 0) is 35.9 Å². The summed E-state index contributed by atoms with van der Waals surface area (Å²) in [5.74, 6) is -0.390. The number of nitrogens with one attached hydrogen (secondary N) is 1. The molecule has 0 spiro atoms. The zero-order valence-electron chi connectivity index (χ0n) is 17.1. The topological polar surface area (TPSA) is 81.8 Å². The number of carbonyl (C=O) groups is 1. The number of para-hydroxylation sites is 2. The van der Waals surface area contributed by atoms with Gasteiger partial charge in [0.2, 0.25) is 0 Å². The fraction of sp³-hybridized carbons (Fsp3) is 0.0400. The van der Waals surface area contributed by atoms with Crippen molar-refractivity contribution in [3.63, 3.8) is 0 Å². The fourth-order valence-electron chi connectivity index (χ4n) is 3.63. The molecule has 7 nitrogen and oxygen atoms in total. The van der Waals surface area contributed by atoms with Crippen LogP contribution >= 0.6 is 0 Å². The summed E-state index contributed by atoms with van der Waals surface area (Å²) in [6.07, 6.45) is 3.58. The molecule has 0 aliphatic rings. The zero-order valence-corrected chi connectivity index (χ0v) is 17.1. The molecule has 0 fully saturated rings. The lowest BCUT2D eigenvalue weighted by Crippen LogP contribution is -2.26. The third-order valence-electron chi connectivity index (χ3n) is 5.18. The first kappa shape index (κ1) is 19.4. The Morgan fingerprint density at radius 2 is 1.56 bits per heavy atom. The lowest BCUT2D eigenvalue weighted by atomic mass is 10.1. The highest BCUT2D eigenvalue weighted by Gasteiger charge is 2.18. The predicted octanol–water partition coefficient (Wildman–Crippen LogP) is 3.88. The lowest BCUT2D eigenvalue weighted by molar-refractivity contribution is 0.102. The monoisotopic (exact) mass is 421 g/mol. The van der Waals surface area contributed by atoms with E-state index < -0.39 is 5.91 Å². The average molecular weight is 421 g/mol. The third kappa shape index (κ3) is 3.67. The molecule has 0 bridgehead atoms. The normalized spacial score (nSPS) is 10.9. The minimum absolute atomic E-state index is 0.179. The highest BCUT2D eigenvalue weighted by Crippen LogP contribution is 2.20. The van der Waals surface area contributed by atoms with E-state index in [1.54, 1.807) is 47.3 Å². The van der Waals surface area contributed by atoms with E-state index in [0.29, 0.717) is 28.7 Å². The maximum atomic E-state index is 13.4. The third-order valence-corrected chi connectivity index (χ3v) is 5.18. The van der Waals surface area contributed by atoms with E-state index in [-0.39, 0.29) is 11.3 Å². The second kappa shape index (κ2) is 8.31. The summed E-state index contributed by atoms with van der Waals surface area (Å²) in [7, 11) is 0. The number of benzene rings is 3. The molecule has 7 heteroatoms. The first-order valence-electron chi connectivity index (χ1n) is 10.1. The van der Waals surface area contributed by atoms with Crippen molar-refractivity contribution in [1.82, 2.24) is 19.6 Å². The largest absolute Gasteiger partial charge is 0.320 e. The van der Waals surface area contributed by atoms with Gasteiger partial charge in [0.05, 0.1) is 17.6 Å². The van der Waals surface area contributed by atoms with Gasteiger partial charge in [0.1, 0.15) is 0 Å². The van der Waals surface area contributed by atoms with Crippen LogP contribution in [0.3, 0.4) is 0 Å². The van der Waals surface area contributed by atoms with Crippen LogP contribution in [0.2, 0.25) is 0 Å². The van der Waals surface area contributed by atoms with E-state index in [1.807, 2.05) is 54.7 Å². The van der Waals surface area contributed by atoms with Gasteiger partial charge in [-0.25, -0.2) is 0 Å². The highest BCUT2D eigenvalue weighted by molar-refractivity contribution is 6.11. The van der Waals surface area contributed by atoms with Gasteiger partial charge in [-0.2, -0.15) is 14.9 Å². The molecule has 1 N–H and O–H groups in total. The summed E-state index contributed by atoms with van der Waals surface area (Å²) in [6, 6.07) is 25.5. The SMILES string of the molecule is O=C(Nc1ccccc1Cn1cccn1)c1nn(-c2ccccc2)c(=O)c2ccccc12. The molecule has 0 atom stereocenters. The Balaban J connectivity index is 1.58. The minimum Gasteiger partial charge on any atom is -0.320 e. The number of hydrogen-bond acceptors (Lipinski definition) is 4. The standard InChI is InChI=1S/C25H19N5O2/c31-24(27-22-14-7-4-9-18(22)17-29-16-8-15-26-29)23-20-12-5-6-13-21(20)25(32)30(28-23)19-10-2-1-3-11-19/h1-16H,17H2,(H,27,31). The van der Waals surface area contributed by atoms with Crippen molar-refractivity contribution in [2.75, 3.05) is 5.32 Å². The molecular formula is C25H19N5O2. The first-order chi connectivity index (χ1) is 15.7. The van der Waals surface area contributed by atoms with Crippen LogP contribution in [-0.2, 0) is 6.54 Å². The van der Waals surface area contributed by atoms with Gasteiger partial charge in [-0.15, -0.1) is 0 Å². The Bertz CT molecular complexity index is 1460. The highest BCUT2D eigenvalue weighted by atomic mass is 16.2. The number of amides is 1. The second-order valence-corrected chi connectivity index (χ2v) is 7.26. The molecule has 1 amide bonds. The number of fused-ring (bicyclic) bond motifs is 1. The Labute approximate surface area is 183 Å². The minimum atomic E-state index is -0.390. The van der Waals surface area contributed by atoms with Crippen LogP contribution in [0.25, 0.3) is 16.5 Å². The van der Waals surface area contributed by atoms with Gasteiger partial charge >= 0.3 is 0 Å². The van der Waals surface area contributed by atoms with Crippen LogP contribution in [0, 0.1) is 0 Å². The van der Waals surface area contributed by atoms with Crippen molar-refractivity contribution in [2.24, 2.45) is 0 Å². The molecule has 0 unspecified atom stereocenters. The predicted molar refractivity (Wildman–Crippen MR) is 123 cm³/mol. The van der Waals surface area contributed by atoms with Crippen LogP contribution < -0.4 is 10.9 Å². The quantitative estimate of drug-likeness (QED) is 0.467. The Kier molecular flexibility index (Phi) is 5.05. The van der Waals surface area contributed by atoms with E-state index in [2.05, 4.69) is 15.5 Å². The maximum absolute atomic E-state index is 13.4. The molecule has 0 aliphatic heterocycles. The van der Waals surface area contributed by atoms with E-state index in [1.165, 1.54) is 4.68 Å². The molecule has 0 saturated heterocycles. The van der Waals surface area contributed by atoms with Crippen molar-refractivity contribution in [3.05, 3.63) is 119 Å². The van der Waals surface area contributed by atoms with Crippen molar-refractivity contribution in [1.29, 1.82) is 0 Å². The van der Waals surface area contributed by atoms with Gasteiger partial charge in [0.25, 0.3) is 11.5 Å². The molecule has 32 heavy (non-hydrogen) atoms. The molecule has 0 saturated carbocycles. The maximum Gasteiger partial charge on any atom is 0.279 e. The molecule has 156 valence electrons. The molecule has 2 aromatic heterocycles. The van der Waals surface area contributed by atoms with Crippen molar-refractivity contribution in [2.45, 2.75) is 6.54 Å². The van der Waals surface area contributed by atoms with Crippen molar-refractivity contribution in [3.8, 4) is 5.69 Å². The van der Waals surface area contributed by atoms with Gasteiger partial charge in [-0.3, -0.25) is 14.3 Å². The van der Waals surface area contributed by atoms with E-state index >= 15 is 0 Å². The summed E-state index contributed by atoms with van der Waals surface area (Å²) < 4.78 is 3.06. The summed E-state index contributed by atoms with van der Waals surface area (Å²) in [6.45, 7) is 0.515. The van der Waals surface area contributed by atoms with Crippen LogP contribution in [0.1, 0.15) is 16.1 Å². The van der Waals surface area contributed by atoms with Gasteiger partial charge in [0, 0.05) is 23.5 Å². The van der Waals surface area contributed by atoms with Gasteiger partial charge in [0.15, 0.2) is 5.69 Å². The number of anilines is 1. The number of hydrogen-bond donors (Lipinski definition) is 1. The van der Waals surface area contributed by atoms with E-state index in [4.69, 9.17) is 0 Å².